The number of nitrogens with zero attached hydrogens (tertiary/aromatic N) is 1. The average molecular weight is 290 g/mol. The molecule has 1 N–H and O–H groups in total. The molecule has 0 saturated carbocycles. The number of hydrogen-bond acceptors (Lipinski definition) is 4. The van der Waals surface area contributed by atoms with Gasteiger partial charge >= 0.3 is 0 Å². The van der Waals surface area contributed by atoms with E-state index in [4.69, 9.17) is 0 Å². The van der Waals surface area contributed by atoms with Crippen molar-refractivity contribution in [2.24, 2.45) is 0 Å². The van der Waals surface area contributed by atoms with Crippen molar-refractivity contribution in [2.45, 2.75) is 6.04 Å². The van der Waals surface area contributed by atoms with Gasteiger partial charge in [-0.3, -0.25) is 0 Å². The number of aromatic nitrogens is 1. The maximum atomic E-state index is 12.8. The Balaban J connectivity index is 1.90. The van der Waals surface area contributed by atoms with E-state index in [1.807, 2.05) is 12.1 Å². The highest BCUT2D eigenvalue weighted by atomic mass is 32.1. The van der Waals surface area contributed by atoms with Crippen LogP contribution in [0.3, 0.4) is 0 Å². The topological polar surface area (TPSA) is 24.9 Å². The van der Waals surface area contributed by atoms with E-state index in [1.165, 1.54) is 22.0 Å². The molecule has 0 fully saturated rings. The van der Waals surface area contributed by atoms with Gasteiger partial charge in [-0.2, -0.15) is 4.39 Å². The Morgan fingerprint density at radius 2 is 1.68 bits per heavy atom. The average Bonchev–Trinajstić information content (AvgIpc) is 3.11. The van der Waals surface area contributed by atoms with Gasteiger partial charge in [0.15, 0.2) is 0 Å². The van der Waals surface area contributed by atoms with Gasteiger partial charge < -0.3 is 5.32 Å². The second kappa shape index (κ2) is 5.50. The molecule has 0 amide bonds. The molecular formula is C14H11FN2S2. The van der Waals surface area contributed by atoms with Crippen molar-refractivity contribution in [3.8, 4) is 0 Å². The molecule has 0 saturated heterocycles. The first-order chi connectivity index (χ1) is 9.33. The zero-order valence-corrected chi connectivity index (χ0v) is 11.5. The number of hydrogen-bond donors (Lipinski definition) is 1. The van der Waals surface area contributed by atoms with Gasteiger partial charge in [-0.1, -0.05) is 12.1 Å². The summed E-state index contributed by atoms with van der Waals surface area (Å²) in [6, 6.07) is 11.4. The van der Waals surface area contributed by atoms with Crippen LogP contribution in [0, 0.1) is 5.95 Å². The molecular weight excluding hydrogens is 279 g/mol. The molecule has 3 heterocycles. The molecule has 0 aliphatic heterocycles. The first kappa shape index (κ1) is 12.3. The summed E-state index contributed by atoms with van der Waals surface area (Å²) in [5.74, 6) is -0.464. The second-order valence-corrected chi connectivity index (χ2v) is 5.94. The summed E-state index contributed by atoms with van der Waals surface area (Å²) in [5, 5.41) is 7.51. The van der Waals surface area contributed by atoms with Gasteiger partial charge in [0.05, 0.1) is 17.9 Å². The first-order valence-electron chi connectivity index (χ1n) is 5.78. The fourth-order valence-electron chi connectivity index (χ4n) is 1.82. The quantitative estimate of drug-likeness (QED) is 0.713. The predicted molar refractivity (Wildman–Crippen MR) is 78.3 cm³/mol. The van der Waals surface area contributed by atoms with Crippen molar-refractivity contribution in [3.63, 3.8) is 0 Å². The van der Waals surface area contributed by atoms with Crippen molar-refractivity contribution in [3.05, 3.63) is 69.1 Å². The lowest BCUT2D eigenvalue weighted by atomic mass is 10.2. The van der Waals surface area contributed by atoms with Crippen LogP contribution in [-0.4, -0.2) is 4.98 Å². The number of nitrogens with one attached hydrogen (secondary N) is 1. The summed E-state index contributed by atoms with van der Waals surface area (Å²) in [5.41, 5.74) is 0.813. The molecule has 0 atom stereocenters. The van der Waals surface area contributed by atoms with Crippen LogP contribution in [0.5, 0.6) is 0 Å². The van der Waals surface area contributed by atoms with Gasteiger partial charge in [0.1, 0.15) is 0 Å². The van der Waals surface area contributed by atoms with Gasteiger partial charge in [0.25, 0.3) is 0 Å². The Hall–Kier alpha value is -1.72. The molecule has 3 aromatic rings. The molecule has 0 aromatic carbocycles. The number of anilines is 1. The third-order valence-electron chi connectivity index (χ3n) is 2.69. The van der Waals surface area contributed by atoms with Crippen LogP contribution in [-0.2, 0) is 0 Å². The molecule has 3 aromatic heterocycles. The van der Waals surface area contributed by atoms with Gasteiger partial charge in [0, 0.05) is 9.75 Å². The van der Waals surface area contributed by atoms with E-state index in [2.05, 4.69) is 33.2 Å². The lowest BCUT2D eigenvalue weighted by molar-refractivity contribution is 0.584. The first-order valence-corrected chi connectivity index (χ1v) is 7.54. The van der Waals surface area contributed by atoms with E-state index in [-0.39, 0.29) is 6.04 Å². The Bertz CT molecular complexity index is 584. The SMILES string of the molecule is Fc1ccc(NC(c2cccs2)c2cccs2)cn1. The number of rotatable bonds is 4. The summed E-state index contributed by atoms with van der Waals surface area (Å²) in [6.45, 7) is 0. The van der Waals surface area contributed by atoms with Crippen LogP contribution in [0.1, 0.15) is 15.8 Å². The molecule has 0 bridgehead atoms. The fraction of sp³-hybridized carbons (Fsp3) is 0.0714. The minimum Gasteiger partial charge on any atom is -0.371 e. The molecule has 0 aliphatic carbocycles. The lowest BCUT2D eigenvalue weighted by Crippen LogP contribution is -2.09. The molecule has 0 radical (unpaired) electrons. The zero-order chi connectivity index (χ0) is 13.1. The second-order valence-electron chi connectivity index (χ2n) is 3.98. The van der Waals surface area contributed by atoms with Gasteiger partial charge in [0.2, 0.25) is 5.95 Å². The van der Waals surface area contributed by atoms with Gasteiger partial charge in [-0.05, 0) is 35.0 Å². The highest BCUT2D eigenvalue weighted by Gasteiger charge is 2.16. The normalized spacial score (nSPS) is 10.8. The van der Waals surface area contributed by atoms with E-state index in [0.717, 1.165) is 5.69 Å². The molecule has 96 valence electrons. The van der Waals surface area contributed by atoms with E-state index < -0.39 is 5.95 Å². The summed E-state index contributed by atoms with van der Waals surface area (Å²) in [7, 11) is 0. The Morgan fingerprint density at radius 1 is 1.00 bits per heavy atom. The molecule has 19 heavy (non-hydrogen) atoms. The predicted octanol–water partition coefficient (Wildman–Crippen LogP) is 4.55. The van der Waals surface area contributed by atoms with Crippen LogP contribution in [0.15, 0.2) is 53.4 Å². The van der Waals surface area contributed by atoms with Crippen LogP contribution in [0.25, 0.3) is 0 Å². The highest BCUT2D eigenvalue weighted by Crippen LogP contribution is 2.32. The molecule has 0 aliphatic rings. The monoisotopic (exact) mass is 290 g/mol. The van der Waals surface area contributed by atoms with E-state index in [9.17, 15) is 4.39 Å². The van der Waals surface area contributed by atoms with E-state index in [0.29, 0.717) is 0 Å². The van der Waals surface area contributed by atoms with Crippen molar-refractivity contribution in [1.29, 1.82) is 0 Å². The van der Waals surface area contributed by atoms with Crippen molar-refractivity contribution >= 4 is 28.4 Å². The highest BCUT2D eigenvalue weighted by molar-refractivity contribution is 7.11. The molecule has 3 rings (SSSR count). The third-order valence-corrected chi connectivity index (χ3v) is 4.57. The molecule has 5 heteroatoms. The molecule has 0 unspecified atom stereocenters. The van der Waals surface area contributed by atoms with Crippen molar-refractivity contribution in [2.75, 3.05) is 5.32 Å². The minimum atomic E-state index is -0.464. The molecule has 0 spiro atoms. The zero-order valence-electron chi connectivity index (χ0n) is 9.92. The maximum absolute atomic E-state index is 12.8. The third kappa shape index (κ3) is 2.83. The van der Waals surface area contributed by atoms with E-state index >= 15 is 0 Å². The summed E-state index contributed by atoms with van der Waals surface area (Å²) in [4.78, 5) is 6.13. The van der Waals surface area contributed by atoms with Crippen LogP contribution < -0.4 is 5.32 Å². The Labute approximate surface area is 118 Å². The number of pyridine rings is 1. The largest absolute Gasteiger partial charge is 0.371 e. The van der Waals surface area contributed by atoms with Crippen molar-refractivity contribution < 1.29 is 4.39 Å². The van der Waals surface area contributed by atoms with Crippen LogP contribution >= 0.6 is 22.7 Å². The number of halogens is 1. The summed E-state index contributed by atoms with van der Waals surface area (Å²) >= 11 is 3.40. The van der Waals surface area contributed by atoms with Gasteiger partial charge in [-0.25, -0.2) is 4.98 Å². The van der Waals surface area contributed by atoms with Crippen LogP contribution in [0.4, 0.5) is 10.1 Å². The smallest absolute Gasteiger partial charge is 0.212 e. The Morgan fingerprint density at radius 3 is 2.16 bits per heavy atom. The van der Waals surface area contributed by atoms with Crippen molar-refractivity contribution in [1.82, 2.24) is 4.98 Å². The molecule has 2 nitrogen and oxygen atoms in total. The summed E-state index contributed by atoms with van der Waals surface area (Å²) < 4.78 is 12.8. The minimum absolute atomic E-state index is 0.0901. The standard InChI is InChI=1S/C14H11FN2S2/c15-13-6-5-10(9-16-13)17-14(11-3-1-7-18-11)12-4-2-8-19-12/h1-9,14,17H. The maximum Gasteiger partial charge on any atom is 0.212 e. The Kier molecular flexibility index (Phi) is 3.57. The lowest BCUT2D eigenvalue weighted by Gasteiger charge is -2.17. The fourth-order valence-corrected chi connectivity index (χ4v) is 3.48. The van der Waals surface area contributed by atoms with Crippen LogP contribution in [0.2, 0.25) is 0 Å². The van der Waals surface area contributed by atoms with E-state index in [1.54, 1.807) is 28.7 Å². The number of thiophene rings is 2. The summed E-state index contributed by atoms with van der Waals surface area (Å²) in [6.07, 6.45) is 1.52. The van der Waals surface area contributed by atoms with Gasteiger partial charge in [-0.15, -0.1) is 22.7 Å².